The van der Waals surface area contributed by atoms with Gasteiger partial charge < -0.3 is 14.9 Å². The Balaban J connectivity index is 2.37. The molecular weight excluding hydrogens is 234 g/mol. The van der Waals surface area contributed by atoms with Gasteiger partial charge in [-0.25, -0.2) is 0 Å². The van der Waals surface area contributed by atoms with E-state index in [1.54, 1.807) is 13.8 Å². The van der Waals surface area contributed by atoms with E-state index in [1.165, 1.54) is 0 Å². The van der Waals surface area contributed by atoms with Crippen molar-refractivity contribution in [2.75, 3.05) is 6.61 Å². The number of nitrogens with zero attached hydrogens (tertiary/aromatic N) is 2. The quantitative estimate of drug-likeness (QED) is 0.753. The number of amides is 1. The third-order valence-electron chi connectivity index (χ3n) is 2.42. The first-order valence-corrected chi connectivity index (χ1v) is 6.20. The summed E-state index contributed by atoms with van der Waals surface area (Å²) in [6.45, 7) is 5.47. The molecule has 0 aliphatic carbocycles. The molecule has 1 heterocycles. The number of nitrogens with one attached hydrogen (secondary N) is 1. The van der Waals surface area contributed by atoms with Gasteiger partial charge in [0.25, 0.3) is 0 Å². The molecule has 1 amide bonds. The van der Waals surface area contributed by atoms with E-state index in [0.717, 1.165) is 12.8 Å². The van der Waals surface area contributed by atoms with Crippen molar-refractivity contribution in [1.29, 1.82) is 0 Å². The Morgan fingerprint density at radius 2 is 2.17 bits per heavy atom. The van der Waals surface area contributed by atoms with Crippen molar-refractivity contribution in [1.82, 2.24) is 15.5 Å². The van der Waals surface area contributed by atoms with Crippen molar-refractivity contribution in [2.24, 2.45) is 0 Å². The molecule has 0 aromatic carbocycles. The van der Waals surface area contributed by atoms with Gasteiger partial charge in [-0.3, -0.25) is 4.79 Å². The van der Waals surface area contributed by atoms with E-state index in [2.05, 4.69) is 15.5 Å². The molecule has 6 nitrogen and oxygen atoms in total. The topological polar surface area (TPSA) is 88.2 Å². The average Bonchev–Trinajstić information content (AvgIpc) is 2.74. The number of carbonyl (C=O) groups excluding carboxylic acids is 1. The second-order valence-corrected chi connectivity index (χ2v) is 4.94. The highest BCUT2D eigenvalue weighted by atomic mass is 16.5. The first kappa shape index (κ1) is 14.6. The van der Waals surface area contributed by atoms with Gasteiger partial charge in [0.05, 0.1) is 12.1 Å². The van der Waals surface area contributed by atoms with Crippen LogP contribution in [0.3, 0.4) is 0 Å². The standard InChI is InChI=1S/C12H21N3O3/c1-4-5-9-13-11(18-15-9)7-6-10(17)14-12(2,3)8-16/h16H,4-8H2,1-3H3,(H,14,17). The van der Waals surface area contributed by atoms with Gasteiger partial charge in [-0.1, -0.05) is 12.1 Å². The van der Waals surface area contributed by atoms with Crippen LogP contribution in [-0.2, 0) is 17.6 Å². The molecule has 0 unspecified atom stereocenters. The van der Waals surface area contributed by atoms with E-state index >= 15 is 0 Å². The van der Waals surface area contributed by atoms with Crippen LogP contribution in [0.15, 0.2) is 4.52 Å². The molecule has 1 rings (SSSR count). The normalized spacial score (nSPS) is 11.6. The molecule has 0 saturated heterocycles. The molecule has 0 spiro atoms. The summed E-state index contributed by atoms with van der Waals surface area (Å²) in [6.07, 6.45) is 2.44. The van der Waals surface area contributed by atoms with Gasteiger partial charge in [-0.2, -0.15) is 4.98 Å². The zero-order valence-corrected chi connectivity index (χ0v) is 11.2. The molecule has 1 aromatic heterocycles. The number of hydrogen-bond donors (Lipinski definition) is 2. The fraction of sp³-hybridized carbons (Fsp3) is 0.750. The highest BCUT2D eigenvalue weighted by molar-refractivity contribution is 5.76. The predicted octanol–water partition coefficient (Wildman–Crippen LogP) is 0.842. The zero-order valence-electron chi connectivity index (χ0n) is 11.2. The number of carbonyl (C=O) groups is 1. The lowest BCUT2D eigenvalue weighted by Crippen LogP contribution is -2.46. The molecule has 0 aliphatic heterocycles. The van der Waals surface area contributed by atoms with Crippen LogP contribution in [0, 0.1) is 0 Å². The lowest BCUT2D eigenvalue weighted by atomic mass is 10.1. The van der Waals surface area contributed by atoms with Gasteiger partial charge in [0, 0.05) is 19.3 Å². The number of aliphatic hydroxyl groups excluding tert-OH is 1. The number of aryl methyl sites for hydroxylation is 2. The molecule has 0 radical (unpaired) electrons. The van der Waals surface area contributed by atoms with Crippen molar-refractivity contribution < 1.29 is 14.4 Å². The summed E-state index contributed by atoms with van der Waals surface area (Å²) < 4.78 is 5.03. The van der Waals surface area contributed by atoms with Crippen molar-refractivity contribution in [3.8, 4) is 0 Å². The molecule has 18 heavy (non-hydrogen) atoms. The van der Waals surface area contributed by atoms with E-state index in [1.807, 2.05) is 6.92 Å². The van der Waals surface area contributed by atoms with Crippen LogP contribution in [-0.4, -0.2) is 33.3 Å². The number of aromatic nitrogens is 2. The minimum atomic E-state index is -0.598. The Kier molecular flexibility index (Phi) is 5.27. The minimum Gasteiger partial charge on any atom is -0.394 e. The fourth-order valence-corrected chi connectivity index (χ4v) is 1.42. The van der Waals surface area contributed by atoms with Crippen LogP contribution in [0.5, 0.6) is 0 Å². The number of aliphatic hydroxyl groups is 1. The highest BCUT2D eigenvalue weighted by Gasteiger charge is 2.19. The molecule has 0 bridgehead atoms. The summed E-state index contributed by atoms with van der Waals surface area (Å²) in [7, 11) is 0. The SMILES string of the molecule is CCCc1noc(CCC(=O)NC(C)(C)CO)n1. The van der Waals surface area contributed by atoms with E-state index < -0.39 is 5.54 Å². The summed E-state index contributed by atoms with van der Waals surface area (Å²) >= 11 is 0. The summed E-state index contributed by atoms with van der Waals surface area (Å²) in [5.74, 6) is 1.03. The van der Waals surface area contributed by atoms with Crippen LogP contribution in [0.4, 0.5) is 0 Å². The Hall–Kier alpha value is -1.43. The maximum atomic E-state index is 11.6. The van der Waals surface area contributed by atoms with Gasteiger partial charge in [0.15, 0.2) is 5.82 Å². The third kappa shape index (κ3) is 4.83. The Bertz CT molecular complexity index is 388. The van der Waals surface area contributed by atoms with Gasteiger partial charge in [-0.15, -0.1) is 0 Å². The van der Waals surface area contributed by atoms with E-state index in [-0.39, 0.29) is 18.9 Å². The third-order valence-corrected chi connectivity index (χ3v) is 2.42. The van der Waals surface area contributed by atoms with E-state index in [9.17, 15) is 4.79 Å². The molecule has 1 aromatic rings. The van der Waals surface area contributed by atoms with E-state index in [4.69, 9.17) is 9.63 Å². The first-order valence-electron chi connectivity index (χ1n) is 6.20. The van der Waals surface area contributed by atoms with Crippen molar-refractivity contribution in [3.63, 3.8) is 0 Å². The Labute approximate surface area is 107 Å². The fourth-order valence-electron chi connectivity index (χ4n) is 1.42. The molecule has 0 atom stereocenters. The van der Waals surface area contributed by atoms with Crippen LogP contribution in [0.1, 0.15) is 45.3 Å². The van der Waals surface area contributed by atoms with Gasteiger partial charge in [-0.05, 0) is 20.3 Å². The molecule has 0 aliphatic rings. The summed E-state index contributed by atoms with van der Waals surface area (Å²) in [6, 6.07) is 0. The maximum Gasteiger partial charge on any atom is 0.227 e. The van der Waals surface area contributed by atoms with Crippen LogP contribution < -0.4 is 5.32 Å². The molecule has 0 fully saturated rings. The van der Waals surface area contributed by atoms with Gasteiger partial charge in [0.1, 0.15) is 0 Å². The monoisotopic (exact) mass is 255 g/mol. The Morgan fingerprint density at radius 3 is 2.78 bits per heavy atom. The average molecular weight is 255 g/mol. The maximum absolute atomic E-state index is 11.6. The second kappa shape index (κ2) is 6.49. The van der Waals surface area contributed by atoms with Crippen LogP contribution >= 0.6 is 0 Å². The lowest BCUT2D eigenvalue weighted by molar-refractivity contribution is -0.123. The summed E-state index contributed by atoms with van der Waals surface area (Å²) in [4.78, 5) is 15.8. The van der Waals surface area contributed by atoms with E-state index in [0.29, 0.717) is 18.1 Å². The number of hydrogen-bond acceptors (Lipinski definition) is 5. The smallest absolute Gasteiger partial charge is 0.227 e. The van der Waals surface area contributed by atoms with Crippen LogP contribution in [0.2, 0.25) is 0 Å². The first-order chi connectivity index (χ1) is 8.46. The molecule has 2 N–H and O–H groups in total. The van der Waals surface area contributed by atoms with Gasteiger partial charge in [0.2, 0.25) is 11.8 Å². The van der Waals surface area contributed by atoms with Crippen molar-refractivity contribution in [2.45, 2.75) is 52.0 Å². The highest BCUT2D eigenvalue weighted by Crippen LogP contribution is 2.05. The summed E-state index contributed by atoms with van der Waals surface area (Å²) in [5, 5.41) is 15.6. The zero-order chi connectivity index (χ0) is 13.6. The molecule has 0 saturated carbocycles. The molecular formula is C12H21N3O3. The summed E-state index contributed by atoms with van der Waals surface area (Å²) in [5.41, 5.74) is -0.598. The van der Waals surface area contributed by atoms with Crippen LogP contribution in [0.25, 0.3) is 0 Å². The molecule has 6 heteroatoms. The largest absolute Gasteiger partial charge is 0.394 e. The van der Waals surface area contributed by atoms with Gasteiger partial charge >= 0.3 is 0 Å². The van der Waals surface area contributed by atoms with Crippen molar-refractivity contribution >= 4 is 5.91 Å². The predicted molar refractivity (Wildman–Crippen MR) is 65.9 cm³/mol. The molecule has 102 valence electrons. The number of rotatable bonds is 7. The minimum absolute atomic E-state index is 0.0973. The Morgan fingerprint density at radius 1 is 1.44 bits per heavy atom. The lowest BCUT2D eigenvalue weighted by Gasteiger charge is -2.23. The van der Waals surface area contributed by atoms with Crippen molar-refractivity contribution in [3.05, 3.63) is 11.7 Å². The second-order valence-electron chi connectivity index (χ2n) is 4.94.